The molecule has 0 spiro atoms. The van der Waals surface area contributed by atoms with Gasteiger partial charge in [0.05, 0.1) is 12.8 Å². The Morgan fingerprint density at radius 2 is 2.36 bits per heavy atom. The van der Waals surface area contributed by atoms with Crippen LogP contribution in [0.3, 0.4) is 0 Å². The van der Waals surface area contributed by atoms with Gasteiger partial charge in [-0.15, -0.1) is 0 Å². The van der Waals surface area contributed by atoms with E-state index < -0.39 is 0 Å². The van der Waals surface area contributed by atoms with Gasteiger partial charge in [0.1, 0.15) is 5.76 Å². The van der Waals surface area contributed by atoms with Crippen molar-refractivity contribution in [2.45, 2.75) is 37.8 Å². The molecular formula is C11H18N2O. The Morgan fingerprint density at radius 1 is 1.50 bits per heavy atom. The summed E-state index contributed by atoms with van der Waals surface area (Å²) in [5.74, 6) is 0.990. The lowest BCUT2D eigenvalue weighted by atomic mass is 9.75. The van der Waals surface area contributed by atoms with Gasteiger partial charge < -0.3 is 15.5 Å². The van der Waals surface area contributed by atoms with Crippen molar-refractivity contribution in [2.24, 2.45) is 5.73 Å². The third kappa shape index (κ3) is 2.36. The molecule has 0 aliphatic heterocycles. The van der Waals surface area contributed by atoms with E-state index in [2.05, 4.69) is 5.32 Å². The second kappa shape index (κ2) is 4.15. The Balaban J connectivity index is 1.59. The molecule has 3 heteroatoms. The largest absolute Gasteiger partial charge is 0.468 e. The summed E-state index contributed by atoms with van der Waals surface area (Å²) in [6.07, 6.45) is 6.46. The van der Waals surface area contributed by atoms with Gasteiger partial charge in [-0.3, -0.25) is 0 Å². The maximum absolute atomic E-state index is 6.10. The molecule has 0 saturated heterocycles. The minimum Gasteiger partial charge on any atom is -0.468 e. The average molecular weight is 194 g/mol. The first-order chi connectivity index (χ1) is 6.79. The molecule has 2 rings (SSSR count). The highest BCUT2D eigenvalue weighted by molar-refractivity contribution is 4.98. The minimum atomic E-state index is 0.135. The number of nitrogens with one attached hydrogen (secondary N) is 1. The fourth-order valence-electron chi connectivity index (χ4n) is 1.84. The van der Waals surface area contributed by atoms with Gasteiger partial charge in [-0.05, 0) is 44.4 Å². The summed E-state index contributed by atoms with van der Waals surface area (Å²) < 4.78 is 5.21. The van der Waals surface area contributed by atoms with Crippen molar-refractivity contribution in [1.29, 1.82) is 0 Å². The van der Waals surface area contributed by atoms with E-state index in [1.54, 1.807) is 6.26 Å². The van der Waals surface area contributed by atoms with Crippen molar-refractivity contribution in [3.05, 3.63) is 24.2 Å². The maximum atomic E-state index is 6.10. The van der Waals surface area contributed by atoms with Crippen LogP contribution in [0.15, 0.2) is 22.8 Å². The number of hydrogen-bond acceptors (Lipinski definition) is 3. The standard InChI is InChI=1S/C11H18N2O/c12-11(4-2-5-11)6-7-13-9-10-3-1-8-14-10/h1,3,8,13H,2,4-7,9,12H2. The average Bonchev–Trinajstić information content (AvgIpc) is 2.62. The van der Waals surface area contributed by atoms with E-state index in [0.29, 0.717) is 0 Å². The van der Waals surface area contributed by atoms with Crippen molar-refractivity contribution >= 4 is 0 Å². The van der Waals surface area contributed by atoms with Crippen LogP contribution in [0.1, 0.15) is 31.4 Å². The normalized spacial score (nSPS) is 19.2. The first-order valence-corrected chi connectivity index (χ1v) is 5.31. The van der Waals surface area contributed by atoms with Crippen LogP contribution < -0.4 is 11.1 Å². The van der Waals surface area contributed by atoms with Gasteiger partial charge in [-0.2, -0.15) is 0 Å². The van der Waals surface area contributed by atoms with Crippen LogP contribution in [0.25, 0.3) is 0 Å². The first kappa shape index (κ1) is 9.74. The number of rotatable bonds is 5. The molecule has 78 valence electrons. The summed E-state index contributed by atoms with van der Waals surface area (Å²) in [7, 11) is 0. The maximum Gasteiger partial charge on any atom is 0.117 e. The van der Waals surface area contributed by atoms with Crippen molar-refractivity contribution in [1.82, 2.24) is 5.32 Å². The number of nitrogens with two attached hydrogens (primary N) is 1. The van der Waals surface area contributed by atoms with Gasteiger partial charge in [-0.25, -0.2) is 0 Å². The van der Waals surface area contributed by atoms with E-state index in [-0.39, 0.29) is 5.54 Å². The second-order valence-electron chi connectivity index (χ2n) is 4.22. The highest BCUT2D eigenvalue weighted by atomic mass is 16.3. The zero-order valence-electron chi connectivity index (χ0n) is 8.46. The van der Waals surface area contributed by atoms with Crippen molar-refractivity contribution in [3.8, 4) is 0 Å². The van der Waals surface area contributed by atoms with Crippen LogP contribution in [0.2, 0.25) is 0 Å². The Bertz CT molecular complexity index is 265. The number of furan rings is 1. The molecule has 14 heavy (non-hydrogen) atoms. The van der Waals surface area contributed by atoms with Crippen LogP contribution in [-0.4, -0.2) is 12.1 Å². The van der Waals surface area contributed by atoms with E-state index >= 15 is 0 Å². The van der Waals surface area contributed by atoms with Crippen LogP contribution in [0.4, 0.5) is 0 Å². The quantitative estimate of drug-likeness (QED) is 0.701. The molecule has 1 saturated carbocycles. The lowest BCUT2D eigenvalue weighted by Gasteiger charge is -2.38. The fourth-order valence-corrected chi connectivity index (χ4v) is 1.84. The third-order valence-electron chi connectivity index (χ3n) is 3.03. The van der Waals surface area contributed by atoms with E-state index in [1.807, 2.05) is 12.1 Å². The Kier molecular flexibility index (Phi) is 2.89. The Labute approximate surface area is 84.7 Å². The lowest BCUT2D eigenvalue weighted by Crippen LogP contribution is -2.48. The summed E-state index contributed by atoms with van der Waals surface area (Å²) in [6.45, 7) is 1.79. The molecule has 3 N–H and O–H groups in total. The molecular weight excluding hydrogens is 176 g/mol. The van der Waals surface area contributed by atoms with Crippen molar-refractivity contribution in [3.63, 3.8) is 0 Å². The molecule has 1 aromatic heterocycles. The van der Waals surface area contributed by atoms with E-state index in [0.717, 1.165) is 25.3 Å². The van der Waals surface area contributed by atoms with Crippen LogP contribution in [0, 0.1) is 0 Å². The molecule has 0 radical (unpaired) electrons. The van der Waals surface area contributed by atoms with Gasteiger partial charge in [0.15, 0.2) is 0 Å². The molecule has 3 nitrogen and oxygen atoms in total. The van der Waals surface area contributed by atoms with E-state index in [4.69, 9.17) is 10.2 Å². The SMILES string of the molecule is NC1(CCNCc2ccco2)CCC1. The Hall–Kier alpha value is -0.800. The van der Waals surface area contributed by atoms with Crippen LogP contribution in [0.5, 0.6) is 0 Å². The lowest BCUT2D eigenvalue weighted by molar-refractivity contribution is 0.229. The minimum absolute atomic E-state index is 0.135. The molecule has 0 amide bonds. The molecule has 0 unspecified atom stereocenters. The smallest absolute Gasteiger partial charge is 0.117 e. The van der Waals surface area contributed by atoms with Gasteiger partial charge >= 0.3 is 0 Å². The highest BCUT2D eigenvalue weighted by Crippen LogP contribution is 2.31. The third-order valence-corrected chi connectivity index (χ3v) is 3.03. The molecule has 1 aromatic rings. The van der Waals surface area contributed by atoms with Gasteiger partial charge in [-0.1, -0.05) is 0 Å². The summed E-state index contributed by atoms with van der Waals surface area (Å²) in [5.41, 5.74) is 6.23. The summed E-state index contributed by atoms with van der Waals surface area (Å²) in [4.78, 5) is 0. The van der Waals surface area contributed by atoms with E-state index in [9.17, 15) is 0 Å². The molecule has 0 atom stereocenters. The second-order valence-corrected chi connectivity index (χ2v) is 4.22. The molecule has 1 fully saturated rings. The molecule has 1 aliphatic rings. The van der Waals surface area contributed by atoms with Crippen LogP contribution in [-0.2, 0) is 6.54 Å². The van der Waals surface area contributed by atoms with Crippen LogP contribution >= 0.6 is 0 Å². The monoisotopic (exact) mass is 194 g/mol. The first-order valence-electron chi connectivity index (χ1n) is 5.31. The summed E-state index contributed by atoms with van der Waals surface area (Å²) in [5, 5.41) is 3.34. The number of hydrogen-bond donors (Lipinski definition) is 2. The van der Waals surface area contributed by atoms with E-state index in [1.165, 1.54) is 19.3 Å². The summed E-state index contributed by atoms with van der Waals surface area (Å²) >= 11 is 0. The van der Waals surface area contributed by atoms with Gasteiger partial charge in [0.2, 0.25) is 0 Å². The van der Waals surface area contributed by atoms with Gasteiger partial charge in [0.25, 0.3) is 0 Å². The zero-order valence-corrected chi connectivity index (χ0v) is 8.46. The topological polar surface area (TPSA) is 51.2 Å². The molecule has 1 aliphatic carbocycles. The Morgan fingerprint density at radius 3 is 2.93 bits per heavy atom. The van der Waals surface area contributed by atoms with Crippen molar-refractivity contribution < 1.29 is 4.42 Å². The fraction of sp³-hybridized carbons (Fsp3) is 0.636. The molecule has 0 aromatic carbocycles. The molecule has 0 bridgehead atoms. The van der Waals surface area contributed by atoms with Crippen molar-refractivity contribution in [2.75, 3.05) is 6.54 Å². The predicted molar refractivity (Wildman–Crippen MR) is 55.8 cm³/mol. The predicted octanol–water partition coefficient (Wildman–Crippen LogP) is 1.64. The summed E-state index contributed by atoms with van der Waals surface area (Å²) in [6, 6.07) is 3.89. The highest BCUT2D eigenvalue weighted by Gasteiger charge is 2.31. The zero-order chi connectivity index (χ0) is 9.86. The molecule has 1 heterocycles. The van der Waals surface area contributed by atoms with Gasteiger partial charge in [0, 0.05) is 5.54 Å².